The third kappa shape index (κ3) is 3.20. The van der Waals surface area contributed by atoms with Crippen molar-refractivity contribution in [3.63, 3.8) is 0 Å². The van der Waals surface area contributed by atoms with Crippen LogP contribution in [0.3, 0.4) is 0 Å². The standard InChI is InChI=1S/C15H17ClN2O2/c1-11-9-18(6-7-19-11)10-15-17-8-14(20-15)12-2-4-13(16)5-3-12/h2-5,8,11H,6-7,9-10H2,1H3. The predicted octanol–water partition coefficient (Wildman–Crippen LogP) is 3.22. The van der Waals surface area contributed by atoms with Gasteiger partial charge in [-0.05, 0) is 31.2 Å². The van der Waals surface area contributed by atoms with Crippen molar-refractivity contribution in [3.05, 3.63) is 41.4 Å². The van der Waals surface area contributed by atoms with E-state index in [4.69, 9.17) is 20.8 Å². The van der Waals surface area contributed by atoms with Gasteiger partial charge in [-0.2, -0.15) is 0 Å². The van der Waals surface area contributed by atoms with Gasteiger partial charge in [0.25, 0.3) is 0 Å². The molecule has 2 aromatic rings. The molecule has 1 atom stereocenters. The molecule has 0 aliphatic carbocycles. The number of hydrogen-bond donors (Lipinski definition) is 0. The Morgan fingerprint density at radius 3 is 2.90 bits per heavy atom. The van der Waals surface area contributed by atoms with Crippen molar-refractivity contribution in [2.24, 2.45) is 0 Å². The summed E-state index contributed by atoms with van der Waals surface area (Å²) in [5, 5.41) is 0.718. The molecule has 1 aliphatic rings. The third-order valence-corrected chi connectivity index (χ3v) is 3.62. The molecular formula is C15H17ClN2O2. The highest BCUT2D eigenvalue weighted by Crippen LogP contribution is 2.23. The quantitative estimate of drug-likeness (QED) is 0.871. The van der Waals surface area contributed by atoms with Gasteiger partial charge in [-0.25, -0.2) is 4.98 Å². The minimum Gasteiger partial charge on any atom is -0.439 e. The number of oxazole rings is 1. The van der Waals surface area contributed by atoms with Crippen LogP contribution in [-0.4, -0.2) is 35.7 Å². The van der Waals surface area contributed by atoms with Gasteiger partial charge >= 0.3 is 0 Å². The van der Waals surface area contributed by atoms with E-state index < -0.39 is 0 Å². The summed E-state index contributed by atoms with van der Waals surface area (Å²) in [6.45, 7) is 5.41. The predicted molar refractivity (Wildman–Crippen MR) is 77.6 cm³/mol. The highest BCUT2D eigenvalue weighted by molar-refractivity contribution is 6.30. The van der Waals surface area contributed by atoms with Crippen LogP contribution in [0.1, 0.15) is 12.8 Å². The number of benzene rings is 1. The van der Waals surface area contributed by atoms with Crippen molar-refractivity contribution in [2.45, 2.75) is 19.6 Å². The van der Waals surface area contributed by atoms with E-state index in [1.54, 1.807) is 6.20 Å². The topological polar surface area (TPSA) is 38.5 Å². The molecule has 1 aromatic carbocycles. The Kier molecular flexibility index (Phi) is 4.05. The van der Waals surface area contributed by atoms with Crippen LogP contribution in [-0.2, 0) is 11.3 Å². The van der Waals surface area contributed by atoms with E-state index in [1.807, 2.05) is 24.3 Å². The smallest absolute Gasteiger partial charge is 0.209 e. The Bertz CT molecular complexity index is 568. The van der Waals surface area contributed by atoms with Crippen LogP contribution in [0.4, 0.5) is 0 Å². The van der Waals surface area contributed by atoms with Gasteiger partial charge in [-0.3, -0.25) is 4.90 Å². The number of aromatic nitrogens is 1. The summed E-state index contributed by atoms with van der Waals surface area (Å²) in [5.41, 5.74) is 0.989. The lowest BCUT2D eigenvalue weighted by Gasteiger charge is -2.29. The van der Waals surface area contributed by atoms with E-state index in [0.29, 0.717) is 0 Å². The molecule has 0 amide bonds. The minimum atomic E-state index is 0.273. The maximum absolute atomic E-state index is 5.88. The number of nitrogens with zero attached hydrogens (tertiary/aromatic N) is 2. The fourth-order valence-corrected chi connectivity index (χ4v) is 2.48. The SMILES string of the molecule is CC1CN(Cc2ncc(-c3ccc(Cl)cc3)o2)CCO1. The lowest BCUT2D eigenvalue weighted by molar-refractivity contribution is -0.0235. The lowest BCUT2D eigenvalue weighted by atomic mass is 10.2. The number of rotatable bonds is 3. The molecule has 0 N–H and O–H groups in total. The van der Waals surface area contributed by atoms with E-state index in [-0.39, 0.29) is 6.10 Å². The van der Waals surface area contributed by atoms with Crippen molar-refractivity contribution in [3.8, 4) is 11.3 Å². The highest BCUT2D eigenvalue weighted by Gasteiger charge is 2.18. The highest BCUT2D eigenvalue weighted by atomic mass is 35.5. The van der Waals surface area contributed by atoms with Gasteiger partial charge in [-0.1, -0.05) is 11.6 Å². The average molecular weight is 293 g/mol. The van der Waals surface area contributed by atoms with Gasteiger partial charge in [0.2, 0.25) is 5.89 Å². The molecule has 1 aliphatic heterocycles. The number of halogens is 1. The Hall–Kier alpha value is -1.36. The molecule has 3 rings (SSSR count). The zero-order valence-corrected chi connectivity index (χ0v) is 12.1. The molecule has 1 saturated heterocycles. The fraction of sp³-hybridized carbons (Fsp3) is 0.400. The largest absolute Gasteiger partial charge is 0.439 e. The normalized spacial score (nSPS) is 20.2. The summed E-state index contributed by atoms with van der Waals surface area (Å²) in [6, 6.07) is 7.57. The molecule has 0 saturated carbocycles. The van der Waals surface area contributed by atoms with Gasteiger partial charge in [0, 0.05) is 23.7 Å². The van der Waals surface area contributed by atoms with Gasteiger partial charge < -0.3 is 9.15 Å². The number of hydrogen-bond acceptors (Lipinski definition) is 4. The summed E-state index contributed by atoms with van der Waals surface area (Å²) < 4.78 is 11.3. The summed E-state index contributed by atoms with van der Waals surface area (Å²) in [6.07, 6.45) is 2.04. The first kappa shape index (κ1) is 13.6. The Morgan fingerprint density at radius 1 is 1.35 bits per heavy atom. The first-order valence-corrected chi connectivity index (χ1v) is 7.13. The second-order valence-corrected chi connectivity index (χ2v) is 5.48. The second-order valence-electron chi connectivity index (χ2n) is 5.04. The van der Waals surface area contributed by atoms with Crippen LogP contribution < -0.4 is 0 Å². The zero-order chi connectivity index (χ0) is 13.9. The van der Waals surface area contributed by atoms with E-state index >= 15 is 0 Å². The summed E-state index contributed by atoms with van der Waals surface area (Å²) in [5.74, 6) is 1.52. The molecule has 4 nitrogen and oxygen atoms in total. The van der Waals surface area contributed by atoms with Crippen molar-refractivity contribution in [1.29, 1.82) is 0 Å². The molecule has 0 radical (unpaired) electrons. The number of ether oxygens (including phenoxy) is 1. The van der Waals surface area contributed by atoms with Crippen LogP contribution in [0.5, 0.6) is 0 Å². The van der Waals surface area contributed by atoms with Crippen LogP contribution in [0, 0.1) is 0 Å². The molecule has 106 valence electrons. The fourth-order valence-electron chi connectivity index (χ4n) is 2.36. The van der Waals surface area contributed by atoms with Gasteiger partial charge in [-0.15, -0.1) is 0 Å². The van der Waals surface area contributed by atoms with Crippen molar-refractivity contribution < 1.29 is 9.15 Å². The monoisotopic (exact) mass is 292 g/mol. The van der Waals surface area contributed by atoms with Crippen LogP contribution in [0.25, 0.3) is 11.3 Å². The summed E-state index contributed by atoms with van der Waals surface area (Å²) in [7, 11) is 0. The Morgan fingerprint density at radius 2 is 2.15 bits per heavy atom. The summed E-state index contributed by atoms with van der Waals surface area (Å²) in [4.78, 5) is 6.65. The summed E-state index contributed by atoms with van der Waals surface area (Å²) >= 11 is 5.88. The van der Waals surface area contributed by atoms with Crippen LogP contribution in [0.2, 0.25) is 5.02 Å². The first-order chi connectivity index (χ1) is 9.70. The van der Waals surface area contributed by atoms with Crippen molar-refractivity contribution in [2.75, 3.05) is 19.7 Å². The van der Waals surface area contributed by atoms with Gasteiger partial charge in [0.15, 0.2) is 5.76 Å². The molecule has 0 spiro atoms. The molecule has 0 bridgehead atoms. The molecule has 1 unspecified atom stereocenters. The van der Waals surface area contributed by atoms with E-state index in [9.17, 15) is 0 Å². The molecule has 1 fully saturated rings. The maximum Gasteiger partial charge on any atom is 0.209 e. The van der Waals surface area contributed by atoms with Crippen LogP contribution in [0.15, 0.2) is 34.9 Å². The maximum atomic E-state index is 5.88. The minimum absolute atomic E-state index is 0.273. The molecule has 5 heteroatoms. The zero-order valence-electron chi connectivity index (χ0n) is 11.4. The van der Waals surface area contributed by atoms with E-state index in [1.165, 1.54) is 0 Å². The van der Waals surface area contributed by atoms with E-state index in [2.05, 4.69) is 16.8 Å². The number of morpholine rings is 1. The Balaban J connectivity index is 1.69. The van der Waals surface area contributed by atoms with Crippen LogP contribution >= 0.6 is 11.6 Å². The second kappa shape index (κ2) is 5.95. The van der Waals surface area contributed by atoms with Gasteiger partial charge in [0.05, 0.1) is 25.5 Å². The molecule has 20 heavy (non-hydrogen) atoms. The van der Waals surface area contributed by atoms with Gasteiger partial charge in [0.1, 0.15) is 0 Å². The Labute approximate surface area is 123 Å². The third-order valence-electron chi connectivity index (χ3n) is 3.37. The molecule has 2 heterocycles. The van der Waals surface area contributed by atoms with Crippen molar-refractivity contribution in [1.82, 2.24) is 9.88 Å². The molecule has 1 aromatic heterocycles. The first-order valence-electron chi connectivity index (χ1n) is 6.75. The molecular weight excluding hydrogens is 276 g/mol. The average Bonchev–Trinajstić information content (AvgIpc) is 2.88. The lowest BCUT2D eigenvalue weighted by Crippen LogP contribution is -2.40. The van der Waals surface area contributed by atoms with E-state index in [0.717, 1.165) is 48.5 Å². The van der Waals surface area contributed by atoms with Crippen molar-refractivity contribution >= 4 is 11.6 Å².